The lowest BCUT2D eigenvalue weighted by molar-refractivity contribution is 0.664. The summed E-state index contributed by atoms with van der Waals surface area (Å²) in [5.74, 6) is 2.04. The van der Waals surface area contributed by atoms with Crippen LogP contribution in [0.2, 0.25) is 0 Å². The molecule has 0 fully saturated rings. The largest absolute Gasteiger partial charge is 0.212 e. The number of nitrogens with zero attached hydrogens (tertiary/aromatic N) is 3. The quantitative estimate of drug-likeness (QED) is 0.169. The van der Waals surface area contributed by atoms with Gasteiger partial charge < -0.3 is 0 Å². The average Bonchev–Trinajstić information content (AvgIpc) is 3.61. The molecule has 8 aromatic carbocycles. The predicted octanol–water partition coefficient (Wildman–Crippen LogP) is 14.1. The molecule has 9 aromatic rings. The van der Waals surface area contributed by atoms with E-state index in [1.54, 1.807) is 0 Å². The molecule has 3 nitrogen and oxygen atoms in total. The SMILES string of the molecule is CC12Sc3ccccc3C1=CC=CC2c1nc(-c2ccc(-c3ccc4ccccc4c3)cc2)nc(-c2cccc3ccc(-c4ccc(-c5ccccc5)cc4)cc23)n1. The van der Waals surface area contributed by atoms with Crippen LogP contribution in [0.4, 0.5) is 0 Å². The fourth-order valence-electron chi connectivity index (χ4n) is 8.69. The van der Waals surface area contributed by atoms with E-state index in [9.17, 15) is 0 Å². The van der Waals surface area contributed by atoms with Gasteiger partial charge in [-0.2, -0.15) is 0 Å². The van der Waals surface area contributed by atoms with E-state index in [4.69, 9.17) is 15.0 Å². The van der Waals surface area contributed by atoms with Crippen LogP contribution in [-0.2, 0) is 0 Å². The second-order valence-electron chi connectivity index (χ2n) is 15.3. The Bertz CT molecular complexity index is 3090. The van der Waals surface area contributed by atoms with Crippen LogP contribution < -0.4 is 0 Å². The van der Waals surface area contributed by atoms with Crippen LogP contribution in [0.5, 0.6) is 0 Å². The number of rotatable bonds is 6. The zero-order valence-electron chi connectivity index (χ0n) is 31.9. The molecule has 0 bridgehead atoms. The van der Waals surface area contributed by atoms with Crippen LogP contribution in [0.3, 0.4) is 0 Å². The predicted molar refractivity (Wildman–Crippen MR) is 243 cm³/mol. The molecule has 0 saturated carbocycles. The Morgan fingerprint density at radius 3 is 1.81 bits per heavy atom. The minimum atomic E-state index is -0.272. The van der Waals surface area contributed by atoms with Crippen molar-refractivity contribution in [1.29, 1.82) is 0 Å². The molecule has 274 valence electrons. The van der Waals surface area contributed by atoms with Gasteiger partial charge in [0.05, 0.1) is 10.7 Å². The van der Waals surface area contributed by atoms with E-state index in [2.05, 4.69) is 207 Å². The first-order valence-corrected chi connectivity index (χ1v) is 20.6. The van der Waals surface area contributed by atoms with E-state index >= 15 is 0 Å². The van der Waals surface area contributed by atoms with E-state index in [1.807, 2.05) is 11.8 Å². The van der Waals surface area contributed by atoms with Gasteiger partial charge in [0.2, 0.25) is 0 Å². The van der Waals surface area contributed by atoms with Crippen molar-refractivity contribution < 1.29 is 0 Å². The molecule has 1 aliphatic carbocycles. The number of hydrogen-bond acceptors (Lipinski definition) is 4. The molecule has 0 amide bonds. The monoisotopic (exact) mass is 759 g/mol. The van der Waals surface area contributed by atoms with Gasteiger partial charge in [-0.25, -0.2) is 15.0 Å². The number of thioether (sulfide) groups is 1. The molecule has 0 N–H and O–H groups in total. The highest BCUT2D eigenvalue weighted by Gasteiger charge is 2.47. The van der Waals surface area contributed by atoms with E-state index in [0.29, 0.717) is 11.6 Å². The van der Waals surface area contributed by atoms with Gasteiger partial charge >= 0.3 is 0 Å². The van der Waals surface area contributed by atoms with Crippen molar-refractivity contribution in [3.8, 4) is 56.2 Å². The third-order valence-electron chi connectivity index (χ3n) is 11.8. The first-order valence-electron chi connectivity index (χ1n) is 19.8. The summed E-state index contributed by atoms with van der Waals surface area (Å²) in [4.78, 5) is 17.3. The Morgan fingerprint density at radius 1 is 0.448 bits per heavy atom. The van der Waals surface area contributed by atoms with Gasteiger partial charge in [-0.3, -0.25) is 0 Å². The molecule has 2 unspecified atom stereocenters. The maximum atomic E-state index is 5.40. The summed E-state index contributed by atoms with van der Waals surface area (Å²) in [6.45, 7) is 2.34. The van der Waals surface area contributed by atoms with Crippen molar-refractivity contribution in [3.05, 3.63) is 212 Å². The number of hydrogen-bond donors (Lipinski definition) is 0. The molecule has 0 radical (unpaired) electrons. The molecule has 2 aliphatic rings. The minimum Gasteiger partial charge on any atom is -0.212 e. The van der Waals surface area contributed by atoms with E-state index < -0.39 is 0 Å². The highest BCUT2D eigenvalue weighted by atomic mass is 32.2. The normalized spacial score (nSPS) is 16.9. The lowest BCUT2D eigenvalue weighted by Gasteiger charge is -2.34. The lowest BCUT2D eigenvalue weighted by Crippen LogP contribution is -2.30. The molecule has 0 spiro atoms. The number of aromatic nitrogens is 3. The standard InChI is InChI=1S/C54H37N3S/c1-54-48(46-16-7-8-20-50(46)58-54)18-10-19-49(54)53-56-51(41-29-25-38(26-30-41)43-31-27-36-13-5-6-14-42(36)33-43)55-52(57-53)45-17-9-15-40-28-32-44(34-47(40)45)39-23-21-37(22-24-39)35-11-3-2-4-12-35/h2-34,49H,1H3. The van der Waals surface area contributed by atoms with Crippen molar-refractivity contribution in [2.45, 2.75) is 22.5 Å². The van der Waals surface area contributed by atoms with Gasteiger partial charge in [-0.1, -0.05) is 182 Å². The average molecular weight is 760 g/mol. The molecule has 1 aliphatic heterocycles. The van der Waals surface area contributed by atoms with Gasteiger partial charge in [0, 0.05) is 16.0 Å². The van der Waals surface area contributed by atoms with Crippen molar-refractivity contribution in [3.63, 3.8) is 0 Å². The van der Waals surface area contributed by atoms with Gasteiger partial charge in [0.15, 0.2) is 11.6 Å². The topological polar surface area (TPSA) is 38.7 Å². The van der Waals surface area contributed by atoms with Crippen molar-refractivity contribution >= 4 is 38.9 Å². The molecular weight excluding hydrogens is 723 g/mol. The van der Waals surface area contributed by atoms with Crippen LogP contribution in [-0.4, -0.2) is 19.7 Å². The summed E-state index contributed by atoms with van der Waals surface area (Å²) in [6, 6.07) is 65.0. The van der Waals surface area contributed by atoms with Gasteiger partial charge in [-0.05, 0) is 91.2 Å². The Balaban J connectivity index is 1.03. The van der Waals surface area contributed by atoms with Crippen LogP contribution >= 0.6 is 11.8 Å². The first-order chi connectivity index (χ1) is 28.6. The molecule has 58 heavy (non-hydrogen) atoms. The highest BCUT2D eigenvalue weighted by Crippen LogP contribution is 2.60. The third-order valence-corrected chi connectivity index (χ3v) is 13.3. The van der Waals surface area contributed by atoms with Gasteiger partial charge in [-0.15, -0.1) is 11.8 Å². The van der Waals surface area contributed by atoms with Gasteiger partial charge in [0.1, 0.15) is 5.82 Å². The zero-order chi connectivity index (χ0) is 38.6. The van der Waals surface area contributed by atoms with Crippen LogP contribution in [0, 0.1) is 0 Å². The summed E-state index contributed by atoms with van der Waals surface area (Å²) >= 11 is 1.91. The van der Waals surface area contributed by atoms with Crippen molar-refractivity contribution in [1.82, 2.24) is 15.0 Å². The Hall–Kier alpha value is -6.88. The van der Waals surface area contributed by atoms with Crippen molar-refractivity contribution in [2.75, 3.05) is 0 Å². The van der Waals surface area contributed by atoms with E-state index in [1.165, 1.54) is 43.5 Å². The lowest BCUT2D eigenvalue weighted by atomic mass is 9.79. The molecular formula is C54H37N3S. The maximum Gasteiger partial charge on any atom is 0.164 e. The summed E-state index contributed by atoms with van der Waals surface area (Å²) in [7, 11) is 0. The zero-order valence-corrected chi connectivity index (χ0v) is 32.7. The molecule has 2 heterocycles. The number of allylic oxidation sites excluding steroid dienone is 3. The number of fused-ring (bicyclic) bond motifs is 5. The second-order valence-corrected chi connectivity index (χ2v) is 16.8. The maximum absolute atomic E-state index is 5.40. The summed E-state index contributed by atoms with van der Waals surface area (Å²) < 4.78 is -0.272. The Kier molecular flexibility index (Phi) is 8.27. The molecule has 4 heteroatoms. The Labute approximate surface area is 342 Å². The van der Waals surface area contributed by atoms with Crippen LogP contribution in [0.1, 0.15) is 24.2 Å². The third kappa shape index (κ3) is 5.96. The second kappa shape index (κ2) is 13.9. The minimum absolute atomic E-state index is 0.0732. The van der Waals surface area contributed by atoms with Gasteiger partial charge in [0.25, 0.3) is 0 Å². The van der Waals surface area contributed by atoms with E-state index in [-0.39, 0.29) is 10.7 Å². The molecule has 0 saturated heterocycles. The van der Waals surface area contributed by atoms with Crippen LogP contribution in [0.15, 0.2) is 205 Å². The fraction of sp³-hybridized carbons (Fsp3) is 0.0556. The summed E-state index contributed by atoms with van der Waals surface area (Å²) in [5, 5.41) is 4.71. The van der Waals surface area contributed by atoms with Crippen LogP contribution in [0.25, 0.3) is 83.3 Å². The number of benzene rings is 8. The first kappa shape index (κ1) is 34.4. The Morgan fingerprint density at radius 2 is 1.02 bits per heavy atom. The smallest absolute Gasteiger partial charge is 0.164 e. The molecule has 1 aromatic heterocycles. The summed E-state index contributed by atoms with van der Waals surface area (Å²) in [6.07, 6.45) is 6.72. The van der Waals surface area contributed by atoms with Crippen molar-refractivity contribution in [2.24, 2.45) is 0 Å². The summed E-state index contributed by atoms with van der Waals surface area (Å²) in [5.41, 5.74) is 11.6. The molecule has 2 atom stereocenters. The molecule has 11 rings (SSSR count). The van der Waals surface area contributed by atoms with E-state index in [0.717, 1.165) is 44.4 Å². The highest BCUT2D eigenvalue weighted by molar-refractivity contribution is 8.01. The fourth-order valence-corrected chi connectivity index (χ4v) is 10.2.